The molecule has 2 heterocycles. The maximum absolute atomic E-state index is 5.44. The Morgan fingerprint density at radius 2 is 2.06 bits per heavy atom. The highest BCUT2D eigenvalue weighted by Crippen LogP contribution is 2.23. The van der Waals surface area contributed by atoms with Crippen molar-refractivity contribution in [1.82, 2.24) is 10.2 Å². The van der Waals surface area contributed by atoms with E-state index in [-0.39, 0.29) is 0 Å². The van der Waals surface area contributed by atoms with Crippen molar-refractivity contribution >= 4 is 0 Å². The fraction of sp³-hybridized carbons (Fsp3) is 1.00. The van der Waals surface area contributed by atoms with Crippen LogP contribution in [0.2, 0.25) is 0 Å². The van der Waals surface area contributed by atoms with Crippen molar-refractivity contribution in [3.8, 4) is 0 Å². The van der Waals surface area contributed by atoms with Gasteiger partial charge in [0, 0.05) is 25.7 Å². The van der Waals surface area contributed by atoms with Crippen LogP contribution < -0.4 is 5.32 Å². The van der Waals surface area contributed by atoms with E-state index < -0.39 is 0 Å². The molecule has 1 aliphatic carbocycles. The summed E-state index contributed by atoms with van der Waals surface area (Å²) in [7, 11) is 0. The molecule has 3 heteroatoms. The molecule has 2 aliphatic heterocycles. The Bertz CT molecular complexity index is 224. The average Bonchev–Trinajstić information content (AvgIpc) is 2.78. The first-order valence-electron chi connectivity index (χ1n) is 6.93. The molecule has 3 fully saturated rings. The minimum absolute atomic E-state index is 0.815. The zero-order chi connectivity index (χ0) is 10.8. The second-order valence-corrected chi connectivity index (χ2v) is 5.83. The van der Waals surface area contributed by atoms with Crippen molar-refractivity contribution in [3.05, 3.63) is 0 Å². The molecule has 1 saturated carbocycles. The molecule has 3 aliphatic rings. The Morgan fingerprint density at radius 3 is 2.81 bits per heavy atom. The van der Waals surface area contributed by atoms with E-state index in [1.807, 2.05) is 0 Å². The van der Waals surface area contributed by atoms with E-state index in [0.717, 1.165) is 31.1 Å². The summed E-state index contributed by atoms with van der Waals surface area (Å²) in [5, 5.41) is 3.66. The van der Waals surface area contributed by atoms with Gasteiger partial charge in [0.1, 0.15) is 0 Å². The van der Waals surface area contributed by atoms with E-state index >= 15 is 0 Å². The summed E-state index contributed by atoms with van der Waals surface area (Å²) in [5.74, 6) is 1.72. The lowest BCUT2D eigenvalue weighted by Crippen LogP contribution is -2.30. The summed E-state index contributed by atoms with van der Waals surface area (Å²) in [6.07, 6.45) is 5.50. The van der Waals surface area contributed by atoms with Crippen LogP contribution in [0.15, 0.2) is 0 Å². The fourth-order valence-electron chi connectivity index (χ4n) is 2.96. The van der Waals surface area contributed by atoms with Crippen LogP contribution in [0.25, 0.3) is 0 Å². The van der Waals surface area contributed by atoms with Crippen molar-refractivity contribution in [3.63, 3.8) is 0 Å². The van der Waals surface area contributed by atoms with Gasteiger partial charge in [-0.1, -0.05) is 0 Å². The zero-order valence-corrected chi connectivity index (χ0v) is 10.2. The standard InChI is InChI=1S/C13H24N2O/c1-2-13(1)14-7-11-3-5-15(8-11)9-12-4-6-16-10-12/h11-14H,1-10H2. The van der Waals surface area contributed by atoms with E-state index in [4.69, 9.17) is 4.74 Å². The maximum atomic E-state index is 5.44. The molecule has 0 aromatic rings. The quantitative estimate of drug-likeness (QED) is 0.757. The Labute approximate surface area is 98.5 Å². The van der Waals surface area contributed by atoms with Crippen LogP contribution in [-0.2, 0) is 4.74 Å². The van der Waals surface area contributed by atoms with E-state index in [2.05, 4.69) is 10.2 Å². The van der Waals surface area contributed by atoms with Gasteiger partial charge in [-0.15, -0.1) is 0 Å². The van der Waals surface area contributed by atoms with Crippen LogP contribution in [0.3, 0.4) is 0 Å². The molecule has 92 valence electrons. The summed E-state index contributed by atoms with van der Waals surface area (Å²) >= 11 is 0. The number of rotatable bonds is 5. The molecule has 0 aromatic carbocycles. The Morgan fingerprint density at radius 1 is 1.12 bits per heavy atom. The number of hydrogen-bond acceptors (Lipinski definition) is 3. The molecule has 0 radical (unpaired) electrons. The highest BCUT2D eigenvalue weighted by Gasteiger charge is 2.28. The lowest BCUT2D eigenvalue weighted by atomic mass is 10.1. The summed E-state index contributed by atoms with van der Waals surface area (Å²) in [6.45, 7) is 7.15. The molecule has 2 unspecified atom stereocenters. The summed E-state index contributed by atoms with van der Waals surface area (Å²) in [4.78, 5) is 2.65. The van der Waals surface area contributed by atoms with Gasteiger partial charge in [0.25, 0.3) is 0 Å². The smallest absolute Gasteiger partial charge is 0.0507 e. The third-order valence-corrected chi connectivity index (χ3v) is 4.18. The topological polar surface area (TPSA) is 24.5 Å². The van der Waals surface area contributed by atoms with E-state index in [9.17, 15) is 0 Å². The molecule has 16 heavy (non-hydrogen) atoms. The van der Waals surface area contributed by atoms with E-state index in [1.54, 1.807) is 0 Å². The average molecular weight is 224 g/mol. The monoisotopic (exact) mass is 224 g/mol. The van der Waals surface area contributed by atoms with Crippen LogP contribution in [0.5, 0.6) is 0 Å². The second-order valence-electron chi connectivity index (χ2n) is 5.83. The highest BCUT2D eigenvalue weighted by atomic mass is 16.5. The van der Waals surface area contributed by atoms with Crippen molar-refractivity contribution < 1.29 is 4.74 Å². The van der Waals surface area contributed by atoms with Crippen molar-refractivity contribution in [1.29, 1.82) is 0 Å². The minimum Gasteiger partial charge on any atom is -0.381 e. The van der Waals surface area contributed by atoms with Crippen LogP contribution in [-0.4, -0.2) is 50.3 Å². The van der Waals surface area contributed by atoms with Gasteiger partial charge in [-0.3, -0.25) is 0 Å². The number of ether oxygens (including phenoxy) is 1. The summed E-state index contributed by atoms with van der Waals surface area (Å²) in [5.41, 5.74) is 0. The van der Waals surface area contributed by atoms with Gasteiger partial charge < -0.3 is 15.0 Å². The Hall–Kier alpha value is -0.120. The molecule has 0 amide bonds. The molecule has 3 nitrogen and oxygen atoms in total. The van der Waals surface area contributed by atoms with Crippen LogP contribution in [0, 0.1) is 11.8 Å². The lowest BCUT2D eigenvalue weighted by molar-refractivity contribution is 0.173. The lowest BCUT2D eigenvalue weighted by Gasteiger charge is -2.19. The van der Waals surface area contributed by atoms with E-state index in [1.165, 1.54) is 51.9 Å². The third-order valence-electron chi connectivity index (χ3n) is 4.18. The number of nitrogens with zero attached hydrogens (tertiary/aromatic N) is 1. The van der Waals surface area contributed by atoms with Gasteiger partial charge in [-0.05, 0) is 50.6 Å². The SMILES string of the molecule is C1CC(CN2CCC(CNC3CC3)C2)CO1. The van der Waals surface area contributed by atoms with Gasteiger partial charge in [0.15, 0.2) is 0 Å². The van der Waals surface area contributed by atoms with Crippen molar-refractivity contribution in [2.45, 2.75) is 31.7 Å². The van der Waals surface area contributed by atoms with Crippen LogP contribution in [0.1, 0.15) is 25.7 Å². The third kappa shape index (κ3) is 2.96. The maximum Gasteiger partial charge on any atom is 0.0507 e. The molecule has 2 atom stereocenters. The largest absolute Gasteiger partial charge is 0.381 e. The summed E-state index contributed by atoms with van der Waals surface area (Å²) in [6, 6.07) is 0.872. The first-order chi connectivity index (χ1) is 7.90. The van der Waals surface area contributed by atoms with Crippen LogP contribution in [0.4, 0.5) is 0 Å². The molecule has 0 bridgehead atoms. The number of likely N-dealkylation sites (tertiary alicyclic amines) is 1. The zero-order valence-electron chi connectivity index (χ0n) is 10.2. The molecular formula is C13H24N2O. The Kier molecular flexibility index (Phi) is 3.46. The van der Waals surface area contributed by atoms with Gasteiger partial charge in [0.2, 0.25) is 0 Å². The highest BCUT2D eigenvalue weighted by molar-refractivity contribution is 4.85. The van der Waals surface area contributed by atoms with Gasteiger partial charge in [-0.2, -0.15) is 0 Å². The molecule has 1 N–H and O–H groups in total. The van der Waals surface area contributed by atoms with Crippen LogP contribution >= 0.6 is 0 Å². The number of hydrogen-bond donors (Lipinski definition) is 1. The normalized spacial score (nSPS) is 36.0. The minimum atomic E-state index is 0.815. The molecule has 0 spiro atoms. The van der Waals surface area contributed by atoms with E-state index in [0.29, 0.717) is 0 Å². The summed E-state index contributed by atoms with van der Waals surface area (Å²) < 4.78 is 5.44. The van der Waals surface area contributed by atoms with Crippen molar-refractivity contribution in [2.24, 2.45) is 11.8 Å². The first-order valence-corrected chi connectivity index (χ1v) is 6.93. The Balaban J connectivity index is 1.34. The van der Waals surface area contributed by atoms with Gasteiger partial charge >= 0.3 is 0 Å². The molecule has 0 aromatic heterocycles. The second kappa shape index (κ2) is 5.03. The van der Waals surface area contributed by atoms with Gasteiger partial charge in [-0.25, -0.2) is 0 Å². The molecule has 2 saturated heterocycles. The first kappa shape index (κ1) is 11.0. The number of nitrogens with one attached hydrogen (secondary N) is 1. The predicted molar refractivity (Wildman–Crippen MR) is 64.5 cm³/mol. The predicted octanol–water partition coefficient (Wildman–Crippen LogP) is 1.10. The molecule has 3 rings (SSSR count). The molecular weight excluding hydrogens is 200 g/mol. The van der Waals surface area contributed by atoms with Crippen molar-refractivity contribution in [2.75, 3.05) is 39.4 Å². The fourth-order valence-corrected chi connectivity index (χ4v) is 2.96. The van der Waals surface area contributed by atoms with Gasteiger partial charge in [0.05, 0.1) is 6.61 Å².